The van der Waals surface area contributed by atoms with E-state index in [0.717, 1.165) is 17.9 Å². The molecule has 2 heteroatoms. The van der Waals surface area contributed by atoms with Crippen molar-refractivity contribution in [1.82, 2.24) is 0 Å². The molecule has 1 aromatic carbocycles. The Morgan fingerprint density at radius 3 is 2.79 bits per heavy atom. The molecule has 0 spiro atoms. The quantitative estimate of drug-likeness (QED) is 0.739. The van der Waals surface area contributed by atoms with Gasteiger partial charge in [-0.25, -0.2) is 0 Å². The Kier molecular flexibility index (Phi) is 4.05. The van der Waals surface area contributed by atoms with Gasteiger partial charge in [-0.3, -0.25) is 0 Å². The second-order valence-electron chi connectivity index (χ2n) is 3.01. The molecule has 76 valence electrons. The fourth-order valence-corrected chi connectivity index (χ4v) is 1.44. The van der Waals surface area contributed by atoms with Gasteiger partial charge in [-0.1, -0.05) is 18.2 Å². The van der Waals surface area contributed by atoms with Crippen molar-refractivity contribution in [2.45, 2.75) is 13.3 Å². The summed E-state index contributed by atoms with van der Waals surface area (Å²) in [5.41, 5.74) is 2.33. The van der Waals surface area contributed by atoms with E-state index in [-0.39, 0.29) is 0 Å². The van der Waals surface area contributed by atoms with Gasteiger partial charge in [-0.2, -0.15) is 0 Å². The number of methoxy groups -OCH3 is 1. The Balaban J connectivity index is 3.05. The van der Waals surface area contributed by atoms with E-state index in [9.17, 15) is 0 Å². The van der Waals surface area contributed by atoms with Crippen LogP contribution in [0.25, 0.3) is 0 Å². The maximum Gasteiger partial charge on any atom is 0.124 e. The zero-order valence-electron chi connectivity index (χ0n) is 9.00. The highest BCUT2D eigenvalue weighted by Crippen LogP contribution is 2.26. The van der Waals surface area contributed by atoms with Gasteiger partial charge in [-0.15, -0.1) is 0 Å². The zero-order chi connectivity index (χ0) is 10.4. The first-order chi connectivity index (χ1) is 6.83. The van der Waals surface area contributed by atoms with Crippen LogP contribution >= 0.6 is 0 Å². The van der Waals surface area contributed by atoms with Gasteiger partial charge in [-0.05, 0) is 25.5 Å². The predicted molar refractivity (Wildman–Crippen MR) is 61.1 cm³/mol. The van der Waals surface area contributed by atoms with Crippen LogP contribution in [0.3, 0.4) is 0 Å². The molecular formula is C12H17NO. The Bertz CT molecular complexity index is 296. The predicted octanol–water partition coefficient (Wildman–Crippen LogP) is 2.86. The van der Waals surface area contributed by atoms with Gasteiger partial charge in [0.2, 0.25) is 0 Å². The van der Waals surface area contributed by atoms with Crippen LogP contribution in [0.5, 0.6) is 5.75 Å². The maximum absolute atomic E-state index is 5.31. The number of anilines is 1. The minimum absolute atomic E-state index is 0.899. The van der Waals surface area contributed by atoms with Gasteiger partial charge in [0.15, 0.2) is 0 Å². The van der Waals surface area contributed by atoms with E-state index in [0.29, 0.717) is 0 Å². The average Bonchev–Trinajstić information content (AvgIpc) is 2.25. The van der Waals surface area contributed by atoms with E-state index in [4.69, 9.17) is 4.74 Å². The summed E-state index contributed by atoms with van der Waals surface area (Å²) < 4.78 is 5.31. The minimum Gasteiger partial charge on any atom is -0.496 e. The van der Waals surface area contributed by atoms with Crippen LogP contribution in [0.4, 0.5) is 5.69 Å². The molecule has 0 amide bonds. The summed E-state index contributed by atoms with van der Waals surface area (Å²) in [6, 6.07) is 6.03. The van der Waals surface area contributed by atoms with Crippen LogP contribution in [-0.2, 0) is 6.42 Å². The zero-order valence-corrected chi connectivity index (χ0v) is 9.00. The molecule has 0 saturated heterocycles. The molecule has 1 rings (SSSR count). The molecule has 0 aliphatic rings. The number of hydrogen-bond donors (Lipinski definition) is 1. The molecule has 0 saturated carbocycles. The first-order valence-electron chi connectivity index (χ1n) is 4.78. The van der Waals surface area contributed by atoms with Crippen LogP contribution in [0.15, 0.2) is 30.4 Å². The number of allylic oxidation sites excluding steroid dienone is 2. The van der Waals surface area contributed by atoms with Crippen LogP contribution in [0.2, 0.25) is 0 Å². The largest absolute Gasteiger partial charge is 0.496 e. The Hall–Kier alpha value is -1.44. The summed E-state index contributed by atoms with van der Waals surface area (Å²) in [6.07, 6.45) is 5.07. The van der Waals surface area contributed by atoms with E-state index >= 15 is 0 Å². The number of ether oxygens (including phenoxy) is 1. The highest BCUT2D eigenvalue weighted by atomic mass is 16.5. The van der Waals surface area contributed by atoms with Crippen LogP contribution in [-0.4, -0.2) is 14.2 Å². The van der Waals surface area contributed by atoms with Crippen molar-refractivity contribution in [3.05, 3.63) is 35.9 Å². The van der Waals surface area contributed by atoms with Crippen LogP contribution in [0, 0.1) is 0 Å². The van der Waals surface area contributed by atoms with E-state index in [1.807, 2.05) is 32.2 Å². The highest BCUT2D eigenvalue weighted by Gasteiger charge is 2.05. The van der Waals surface area contributed by atoms with Crippen molar-refractivity contribution < 1.29 is 4.74 Å². The molecule has 0 unspecified atom stereocenters. The molecule has 0 aromatic heterocycles. The van der Waals surface area contributed by atoms with Gasteiger partial charge in [0.05, 0.1) is 7.11 Å². The molecule has 0 atom stereocenters. The molecule has 1 aromatic rings. The Morgan fingerprint density at radius 2 is 2.21 bits per heavy atom. The highest BCUT2D eigenvalue weighted by molar-refractivity contribution is 5.57. The minimum atomic E-state index is 0.899. The van der Waals surface area contributed by atoms with Crippen LogP contribution < -0.4 is 10.1 Å². The lowest BCUT2D eigenvalue weighted by molar-refractivity contribution is 0.411. The summed E-state index contributed by atoms with van der Waals surface area (Å²) in [7, 11) is 3.63. The standard InChI is InChI=1S/C12H17NO/c1-4-5-7-10-11(13-2)8-6-9-12(10)14-3/h4-6,8-9,13H,7H2,1-3H3/b5-4+. The lowest BCUT2D eigenvalue weighted by Gasteiger charge is -2.11. The Morgan fingerprint density at radius 1 is 1.43 bits per heavy atom. The number of hydrogen-bond acceptors (Lipinski definition) is 2. The summed E-state index contributed by atoms with van der Waals surface area (Å²) in [5.74, 6) is 0.940. The number of rotatable bonds is 4. The average molecular weight is 191 g/mol. The number of benzene rings is 1. The van der Waals surface area contributed by atoms with Crippen molar-refractivity contribution in [2.75, 3.05) is 19.5 Å². The smallest absolute Gasteiger partial charge is 0.124 e. The third-order valence-corrected chi connectivity index (χ3v) is 2.18. The van der Waals surface area contributed by atoms with Gasteiger partial charge in [0.25, 0.3) is 0 Å². The monoisotopic (exact) mass is 191 g/mol. The van der Waals surface area contributed by atoms with Crippen molar-refractivity contribution in [3.8, 4) is 5.75 Å². The van der Waals surface area contributed by atoms with E-state index in [1.54, 1.807) is 7.11 Å². The van der Waals surface area contributed by atoms with Crippen molar-refractivity contribution >= 4 is 5.69 Å². The summed E-state index contributed by atoms with van der Waals surface area (Å²) in [6.45, 7) is 2.02. The van der Waals surface area contributed by atoms with Crippen molar-refractivity contribution in [2.24, 2.45) is 0 Å². The third-order valence-electron chi connectivity index (χ3n) is 2.18. The maximum atomic E-state index is 5.31. The molecule has 0 aliphatic carbocycles. The topological polar surface area (TPSA) is 21.3 Å². The lowest BCUT2D eigenvalue weighted by Crippen LogP contribution is -1.97. The van der Waals surface area contributed by atoms with Gasteiger partial charge in [0, 0.05) is 18.3 Å². The molecule has 0 aliphatic heterocycles. The fourth-order valence-electron chi connectivity index (χ4n) is 1.44. The van der Waals surface area contributed by atoms with E-state index in [2.05, 4.69) is 17.5 Å². The summed E-state index contributed by atoms with van der Waals surface area (Å²) >= 11 is 0. The molecule has 1 N–H and O–H groups in total. The molecule has 0 fully saturated rings. The summed E-state index contributed by atoms with van der Waals surface area (Å²) in [5, 5.41) is 3.17. The second kappa shape index (κ2) is 5.32. The molecular weight excluding hydrogens is 174 g/mol. The summed E-state index contributed by atoms with van der Waals surface area (Å²) in [4.78, 5) is 0. The van der Waals surface area contributed by atoms with Crippen molar-refractivity contribution in [1.29, 1.82) is 0 Å². The van der Waals surface area contributed by atoms with Crippen LogP contribution in [0.1, 0.15) is 12.5 Å². The number of nitrogens with one attached hydrogen (secondary N) is 1. The molecule has 2 nitrogen and oxygen atoms in total. The first kappa shape index (κ1) is 10.6. The Labute approximate surface area is 85.6 Å². The molecule has 14 heavy (non-hydrogen) atoms. The van der Waals surface area contributed by atoms with Gasteiger partial charge in [0.1, 0.15) is 5.75 Å². The normalized spacial score (nSPS) is 10.5. The third kappa shape index (κ3) is 2.28. The molecule has 0 radical (unpaired) electrons. The molecule has 0 bridgehead atoms. The van der Waals surface area contributed by atoms with Gasteiger partial charge >= 0.3 is 0 Å². The van der Waals surface area contributed by atoms with E-state index < -0.39 is 0 Å². The van der Waals surface area contributed by atoms with Gasteiger partial charge < -0.3 is 10.1 Å². The first-order valence-corrected chi connectivity index (χ1v) is 4.78. The SMILES string of the molecule is C/C=C/Cc1c(NC)cccc1OC. The van der Waals surface area contributed by atoms with Crippen molar-refractivity contribution in [3.63, 3.8) is 0 Å². The second-order valence-corrected chi connectivity index (χ2v) is 3.01. The fraction of sp³-hybridized carbons (Fsp3) is 0.333. The molecule has 0 heterocycles. The lowest BCUT2D eigenvalue weighted by atomic mass is 10.1. The van der Waals surface area contributed by atoms with E-state index in [1.165, 1.54) is 5.56 Å².